The van der Waals surface area contributed by atoms with Gasteiger partial charge < -0.3 is 15.4 Å². The fraction of sp³-hybridized carbons (Fsp3) is 0.538. The molecule has 0 aliphatic heterocycles. The van der Waals surface area contributed by atoms with Crippen LogP contribution in [0.5, 0.6) is 5.75 Å². The molecular formula is C13H22N2O. The van der Waals surface area contributed by atoms with Crippen molar-refractivity contribution in [1.82, 2.24) is 4.90 Å². The number of hydrogen-bond acceptors (Lipinski definition) is 3. The van der Waals surface area contributed by atoms with Crippen LogP contribution in [0.1, 0.15) is 25.5 Å². The highest BCUT2D eigenvalue weighted by Crippen LogP contribution is 2.20. The van der Waals surface area contributed by atoms with Gasteiger partial charge in [0.05, 0.1) is 6.10 Å². The number of benzene rings is 1. The standard InChI is InChI=1S/C13H22N2O/c1-10(2)16-12-7-5-11(6-8-12)13(9-14)15(3)4/h5-8,10,13H,9,14H2,1-4H3/t13-/m0/s1. The molecule has 0 aliphatic carbocycles. The van der Waals surface area contributed by atoms with Gasteiger partial charge in [-0.25, -0.2) is 0 Å². The van der Waals surface area contributed by atoms with Crippen LogP contribution in [0.4, 0.5) is 0 Å². The molecule has 1 rings (SSSR count). The van der Waals surface area contributed by atoms with Crippen molar-refractivity contribution in [3.63, 3.8) is 0 Å². The van der Waals surface area contributed by atoms with Crippen LogP contribution >= 0.6 is 0 Å². The third-order valence-electron chi connectivity index (χ3n) is 2.48. The molecular weight excluding hydrogens is 200 g/mol. The zero-order chi connectivity index (χ0) is 12.1. The highest BCUT2D eigenvalue weighted by atomic mass is 16.5. The highest BCUT2D eigenvalue weighted by molar-refractivity contribution is 5.29. The van der Waals surface area contributed by atoms with E-state index in [2.05, 4.69) is 17.0 Å². The van der Waals surface area contributed by atoms with Gasteiger partial charge in [-0.1, -0.05) is 12.1 Å². The Balaban J connectivity index is 2.77. The summed E-state index contributed by atoms with van der Waals surface area (Å²) < 4.78 is 5.60. The number of rotatable bonds is 5. The maximum absolute atomic E-state index is 5.75. The van der Waals surface area contributed by atoms with Crippen molar-refractivity contribution in [2.24, 2.45) is 5.73 Å². The number of likely N-dealkylation sites (N-methyl/N-ethyl adjacent to an activating group) is 1. The van der Waals surface area contributed by atoms with Gasteiger partial charge in [-0.15, -0.1) is 0 Å². The minimum atomic E-state index is 0.213. The van der Waals surface area contributed by atoms with Gasteiger partial charge in [-0.3, -0.25) is 0 Å². The van der Waals surface area contributed by atoms with Crippen molar-refractivity contribution in [3.8, 4) is 5.75 Å². The first kappa shape index (κ1) is 13.0. The van der Waals surface area contributed by atoms with Gasteiger partial charge in [0.25, 0.3) is 0 Å². The maximum atomic E-state index is 5.75. The van der Waals surface area contributed by atoms with Crippen LogP contribution in [0.25, 0.3) is 0 Å². The van der Waals surface area contributed by atoms with Gasteiger partial charge in [-0.05, 0) is 45.6 Å². The lowest BCUT2D eigenvalue weighted by atomic mass is 10.1. The predicted molar refractivity (Wildman–Crippen MR) is 67.7 cm³/mol. The van der Waals surface area contributed by atoms with Crippen LogP contribution in [0.3, 0.4) is 0 Å². The lowest BCUT2D eigenvalue weighted by Gasteiger charge is -2.23. The smallest absolute Gasteiger partial charge is 0.119 e. The van der Waals surface area contributed by atoms with E-state index in [1.54, 1.807) is 0 Å². The van der Waals surface area contributed by atoms with Crippen molar-refractivity contribution in [3.05, 3.63) is 29.8 Å². The van der Waals surface area contributed by atoms with E-state index in [1.165, 1.54) is 5.56 Å². The molecule has 1 aromatic carbocycles. The fourth-order valence-electron chi connectivity index (χ4n) is 1.69. The van der Waals surface area contributed by atoms with Crippen LogP contribution in [0.2, 0.25) is 0 Å². The Labute approximate surface area is 98.2 Å². The van der Waals surface area contributed by atoms with Gasteiger partial charge in [-0.2, -0.15) is 0 Å². The average molecular weight is 222 g/mol. The first-order chi connectivity index (χ1) is 7.54. The topological polar surface area (TPSA) is 38.5 Å². The zero-order valence-electron chi connectivity index (χ0n) is 10.6. The first-order valence-electron chi connectivity index (χ1n) is 5.67. The summed E-state index contributed by atoms with van der Waals surface area (Å²) >= 11 is 0. The molecule has 16 heavy (non-hydrogen) atoms. The molecule has 0 bridgehead atoms. The quantitative estimate of drug-likeness (QED) is 0.828. The fourth-order valence-corrected chi connectivity index (χ4v) is 1.69. The third-order valence-corrected chi connectivity index (χ3v) is 2.48. The number of nitrogens with zero attached hydrogens (tertiary/aromatic N) is 1. The molecule has 0 amide bonds. The molecule has 0 heterocycles. The van der Waals surface area contributed by atoms with Gasteiger partial charge in [0.15, 0.2) is 0 Å². The van der Waals surface area contributed by atoms with E-state index in [9.17, 15) is 0 Å². The SMILES string of the molecule is CC(C)Oc1ccc([C@H](CN)N(C)C)cc1. The van der Waals surface area contributed by atoms with Gasteiger partial charge in [0.2, 0.25) is 0 Å². The van der Waals surface area contributed by atoms with Crippen LogP contribution in [0.15, 0.2) is 24.3 Å². The molecule has 2 N–H and O–H groups in total. The van der Waals surface area contributed by atoms with Gasteiger partial charge >= 0.3 is 0 Å². The molecule has 0 aliphatic rings. The van der Waals surface area contributed by atoms with Gasteiger partial charge in [0.1, 0.15) is 5.75 Å². The number of hydrogen-bond donors (Lipinski definition) is 1. The van der Waals surface area contributed by atoms with E-state index in [0.717, 1.165) is 5.75 Å². The second-order valence-electron chi connectivity index (χ2n) is 4.45. The molecule has 0 spiro atoms. The predicted octanol–water partition coefficient (Wildman–Crippen LogP) is 2.04. The van der Waals surface area contributed by atoms with Crippen molar-refractivity contribution < 1.29 is 4.74 Å². The Hall–Kier alpha value is -1.06. The summed E-state index contributed by atoms with van der Waals surface area (Å²) in [4.78, 5) is 2.12. The second kappa shape index (κ2) is 5.87. The van der Waals surface area contributed by atoms with Crippen LogP contribution in [-0.2, 0) is 0 Å². The molecule has 1 aromatic rings. The highest BCUT2D eigenvalue weighted by Gasteiger charge is 2.11. The van der Waals surface area contributed by atoms with Crippen LogP contribution in [-0.4, -0.2) is 31.6 Å². The minimum absolute atomic E-state index is 0.213. The lowest BCUT2D eigenvalue weighted by molar-refractivity contribution is 0.242. The van der Waals surface area contributed by atoms with Crippen molar-refractivity contribution in [2.45, 2.75) is 26.0 Å². The first-order valence-corrected chi connectivity index (χ1v) is 5.67. The molecule has 90 valence electrons. The summed E-state index contributed by atoms with van der Waals surface area (Å²) in [5.41, 5.74) is 6.98. The van der Waals surface area contributed by atoms with Crippen molar-refractivity contribution in [1.29, 1.82) is 0 Å². The molecule has 1 atom stereocenters. The average Bonchev–Trinajstić information content (AvgIpc) is 2.20. The van der Waals surface area contributed by atoms with Crippen molar-refractivity contribution >= 4 is 0 Å². The number of nitrogens with two attached hydrogens (primary N) is 1. The monoisotopic (exact) mass is 222 g/mol. The summed E-state index contributed by atoms with van der Waals surface area (Å²) in [5, 5.41) is 0. The van der Waals surface area contributed by atoms with E-state index in [-0.39, 0.29) is 12.1 Å². The molecule has 3 nitrogen and oxygen atoms in total. The van der Waals surface area contributed by atoms with Crippen LogP contribution in [0, 0.1) is 0 Å². The van der Waals surface area contributed by atoms with Gasteiger partial charge in [0, 0.05) is 12.6 Å². The molecule has 0 aromatic heterocycles. The maximum Gasteiger partial charge on any atom is 0.119 e. The molecule has 0 fully saturated rings. The Kier molecular flexibility index (Phi) is 4.77. The molecule has 0 unspecified atom stereocenters. The Morgan fingerprint density at radius 1 is 1.19 bits per heavy atom. The summed E-state index contributed by atoms with van der Waals surface area (Å²) in [6, 6.07) is 8.43. The summed E-state index contributed by atoms with van der Waals surface area (Å²) in [5.74, 6) is 0.910. The van der Waals surface area contributed by atoms with E-state index in [0.29, 0.717) is 6.54 Å². The Morgan fingerprint density at radius 3 is 2.12 bits per heavy atom. The Morgan fingerprint density at radius 2 is 1.75 bits per heavy atom. The van der Waals surface area contributed by atoms with Crippen LogP contribution < -0.4 is 10.5 Å². The third kappa shape index (κ3) is 3.51. The summed E-state index contributed by atoms with van der Waals surface area (Å²) in [6.07, 6.45) is 0.213. The molecule has 3 heteroatoms. The van der Waals surface area contributed by atoms with Crippen molar-refractivity contribution in [2.75, 3.05) is 20.6 Å². The zero-order valence-corrected chi connectivity index (χ0v) is 10.6. The summed E-state index contributed by atoms with van der Waals surface area (Å²) in [6.45, 7) is 4.67. The molecule has 0 radical (unpaired) electrons. The largest absolute Gasteiger partial charge is 0.491 e. The van der Waals surface area contributed by atoms with E-state index < -0.39 is 0 Å². The normalized spacial score (nSPS) is 13.2. The Bertz CT molecular complexity index is 306. The lowest BCUT2D eigenvalue weighted by Crippen LogP contribution is -2.27. The molecule has 0 saturated heterocycles. The minimum Gasteiger partial charge on any atom is -0.491 e. The molecule has 0 saturated carbocycles. The van der Waals surface area contributed by atoms with E-state index in [4.69, 9.17) is 10.5 Å². The van der Waals surface area contributed by atoms with E-state index >= 15 is 0 Å². The number of ether oxygens (including phenoxy) is 1. The van der Waals surface area contributed by atoms with E-state index in [1.807, 2.05) is 40.1 Å². The summed E-state index contributed by atoms with van der Waals surface area (Å²) in [7, 11) is 4.08. The second-order valence-corrected chi connectivity index (χ2v) is 4.45.